The first kappa shape index (κ1) is 25.6. The minimum atomic E-state index is -4.77. The van der Waals surface area contributed by atoms with E-state index in [0.29, 0.717) is 12.8 Å². The molecule has 1 aliphatic rings. The van der Waals surface area contributed by atoms with E-state index in [1.54, 1.807) is 0 Å². The molecule has 3 aromatic rings. The minimum absolute atomic E-state index is 0.000927. The van der Waals surface area contributed by atoms with Crippen LogP contribution in [-0.4, -0.2) is 58.3 Å². The first-order chi connectivity index (χ1) is 17.0. The predicted octanol–water partition coefficient (Wildman–Crippen LogP) is 3.60. The Labute approximate surface area is 198 Å². The van der Waals surface area contributed by atoms with Crippen molar-refractivity contribution in [1.29, 1.82) is 0 Å². The number of nitrogens with zero attached hydrogens (tertiary/aromatic N) is 4. The van der Waals surface area contributed by atoms with Crippen molar-refractivity contribution < 1.29 is 49.8 Å². The zero-order valence-electron chi connectivity index (χ0n) is 18.1. The fourth-order valence-electron chi connectivity index (χ4n) is 3.31. The SMILES string of the molecule is O=C(N[C@@H]1CC[C@@H](c2nnc(OCCOC(F)(F)F)o2)OC1)c1cnc2cc(C(F)(F)F)ccc2n1. The number of hydrogen-bond donors (Lipinski definition) is 1. The van der Waals surface area contributed by atoms with Gasteiger partial charge in [0.25, 0.3) is 5.91 Å². The van der Waals surface area contributed by atoms with E-state index in [9.17, 15) is 31.1 Å². The van der Waals surface area contributed by atoms with E-state index in [1.807, 2.05) is 0 Å². The monoisotopic (exact) mass is 521 g/mol. The van der Waals surface area contributed by atoms with Gasteiger partial charge in [-0.05, 0) is 31.0 Å². The molecule has 1 aromatic carbocycles. The van der Waals surface area contributed by atoms with Gasteiger partial charge in [0.15, 0.2) is 0 Å². The van der Waals surface area contributed by atoms with E-state index in [1.165, 1.54) is 0 Å². The Morgan fingerprint density at radius 3 is 2.58 bits per heavy atom. The highest BCUT2D eigenvalue weighted by Crippen LogP contribution is 2.31. The molecule has 16 heteroatoms. The third kappa shape index (κ3) is 6.57. The quantitative estimate of drug-likeness (QED) is 0.367. The smallest absolute Gasteiger partial charge is 0.447 e. The van der Waals surface area contributed by atoms with E-state index in [2.05, 4.69) is 30.2 Å². The van der Waals surface area contributed by atoms with Gasteiger partial charge < -0.3 is 19.2 Å². The molecule has 0 saturated carbocycles. The number of amides is 1. The fraction of sp³-hybridized carbons (Fsp3) is 0.450. The molecule has 2 atom stereocenters. The zero-order chi connectivity index (χ0) is 25.9. The third-order valence-corrected chi connectivity index (χ3v) is 4.99. The molecule has 3 heterocycles. The van der Waals surface area contributed by atoms with E-state index >= 15 is 0 Å². The lowest BCUT2D eigenvalue weighted by Gasteiger charge is -2.27. The summed E-state index contributed by atoms with van der Waals surface area (Å²) in [5, 5.41) is 10.0. The lowest BCUT2D eigenvalue weighted by molar-refractivity contribution is -0.325. The molecule has 36 heavy (non-hydrogen) atoms. The van der Waals surface area contributed by atoms with Crippen molar-refractivity contribution in [3.63, 3.8) is 0 Å². The zero-order valence-corrected chi connectivity index (χ0v) is 18.1. The average Bonchev–Trinajstić information content (AvgIpc) is 3.29. The first-order valence-corrected chi connectivity index (χ1v) is 10.4. The van der Waals surface area contributed by atoms with Gasteiger partial charge in [-0.2, -0.15) is 13.2 Å². The average molecular weight is 521 g/mol. The van der Waals surface area contributed by atoms with Gasteiger partial charge in [-0.25, -0.2) is 4.98 Å². The lowest BCUT2D eigenvalue weighted by Crippen LogP contribution is -2.41. The normalized spacial score (nSPS) is 18.8. The number of hydrogen-bond acceptors (Lipinski definition) is 9. The van der Waals surface area contributed by atoms with Gasteiger partial charge in [0.05, 0.1) is 42.0 Å². The van der Waals surface area contributed by atoms with Crippen LogP contribution < -0.4 is 10.1 Å². The highest BCUT2D eigenvalue weighted by Gasteiger charge is 2.32. The molecule has 0 unspecified atom stereocenters. The minimum Gasteiger partial charge on any atom is -0.447 e. The highest BCUT2D eigenvalue weighted by atomic mass is 19.4. The maximum atomic E-state index is 12.8. The number of halogens is 6. The van der Waals surface area contributed by atoms with Crippen LogP contribution in [-0.2, 0) is 15.7 Å². The Kier molecular flexibility index (Phi) is 7.26. The summed E-state index contributed by atoms with van der Waals surface area (Å²) in [6.07, 6.45) is -8.34. The Hall–Kier alpha value is -3.53. The summed E-state index contributed by atoms with van der Waals surface area (Å²) in [5.41, 5.74) is -0.806. The van der Waals surface area contributed by atoms with Crippen molar-refractivity contribution in [2.75, 3.05) is 19.8 Å². The number of nitrogens with one attached hydrogen (secondary N) is 1. The maximum Gasteiger partial charge on any atom is 0.522 e. The predicted molar refractivity (Wildman–Crippen MR) is 106 cm³/mol. The summed E-state index contributed by atoms with van der Waals surface area (Å²) < 4.78 is 93.6. The molecule has 10 nitrogen and oxygen atoms in total. The number of benzene rings is 1. The second-order valence-corrected chi connectivity index (χ2v) is 7.58. The van der Waals surface area contributed by atoms with Gasteiger partial charge in [0, 0.05) is 0 Å². The number of rotatable bonds is 7. The molecular weight excluding hydrogens is 504 g/mol. The standard InChI is InChI=1S/C20H17F6N5O5/c21-19(22,23)10-1-3-12-13(7-10)27-8-14(29-12)16(32)28-11-2-4-15(34-9-11)17-30-31-18(36-17)33-5-6-35-20(24,25)26/h1,3,7-8,11,15H,2,4-6,9H2,(H,28,32)/t11-,15+/m1/s1. The van der Waals surface area contributed by atoms with Gasteiger partial charge in [-0.3, -0.25) is 14.5 Å². The molecule has 0 aliphatic carbocycles. The van der Waals surface area contributed by atoms with Crippen molar-refractivity contribution >= 4 is 16.9 Å². The second kappa shape index (κ2) is 10.2. The Morgan fingerprint density at radius 1 is 1.08 bits per heavy atom. The molecule has 4 rings (SSSR count). The van der Waals surface area contributed by atoms with Crippen LogP contribution in [0.5, 0.6) is 6.08 Å². The summed E-state index contributed by atoms with van der Waals surface area (Å²) in [4.78, 5) is 20.5. The van der Waals surface area contributed by atoms with Gasteiger partial charge in [0.2, 0.25) is 5.89 Å². The van der Waals surface area contributed by atoms with Crippen LogP contribution in [0.3, 0.4) is 0 Å². The maximum absolute atomic E-state index is 12.8. The molecule has 0 spiro atoms. The topological polar surface area (TPSA) is 121 Å². The van der Waals surface area contributed by atoms with Crippen LogP contribution >= 0.6 is 0 Å². The number of fused-ring (bicyclic) bond motifs is 1. The Balaban J connectivity index is 1.27. The summed E-state index contributed by atoms with van der Waals surface area (Å²) in [6.45, 7) is -1.13. The van der Waals surface area contributed by atoms with E-state index in [4.69, 9.17) is 13.9 Å². The van der Waals surface area contributed by atoms with Crippen LogP contribution in [0.25, 0.3) is 11.0 Å². The van der Waals surface area contributed by atoms with Crippen LogP contribution in [0.1, 0.15) is 40.9 Å². The van der Waals surface area contributed by atoms with Crippen molar-refractivity contribution in [3.05, 3.63) is 41.5 Å². The van der Waals surface area contributed by atoms with E-state index in [0.717, 1.165) is 24.4 Å². The third-order valence-electron chi connectivity index (χ3n) is 4.99. The molecular formula is C20H17F6N5O5. The fourth-order valence-corrected chi connectivity index (χ4v) is 3.31. The van der Waals surface area contributed by atoms with Crippen molar-refractivity contribution in [3.8, 4) is 6.08 Å². The van der Waals surface area contributed by atoms with Crippen molar-refractivity contribution in [1.82, 2.24) is 25.5 Å². The lowest BCUT2D eigenvalue weighted by atomic mass is 10.0. The van der Waals surface area contributed by atoms with Gasteiger partial charge in [-0.15, -0.1) is 18.3 Å². The molecule has 1 N–H and O–H groups in total. The molecule has 0 bridgehead atoms. The summed E-state index contributed by atoms with van der Waals surface area (Å²) in [5.74, 6) is -0.518. The van der Waals surface area contributed by atoms with Crippen LogP contribution in [0.4, 0.5) is 26.3 Å². The summed E-state index contributed by atoms with van der Waals surface area (Å²) in [6, 6.07) is 2.45. The second-order valence-electron chi connectivity index (χ2n) is 7.58. The first-order valence-electron chi connectivity index (χ1n) is 10.4. The number of aromatic nitrogens is 4. The number of alkyl halides is 6. The van der Waals surface area contributed by atoms with Gasteiger partial charge >= 0.3 is 18.6 Å². The van der Waals surface area contributed by atoms with Crippen LogP contribution in [0.2, 0.25) is 0 Å². The molecule has 1 saturated heterocycles. The molecule has 1 fully saturated rings. The Morgan fingerprint density at radius 2 is 1.89 bits per heavy atom. The van der Waals surface area contributed by atoms with Crippen molar-refractivity contribution in [2.24, 2.45) is 0 Å². The van der Waals surface area contributed by atoms with E-state index in [-0.39, 0.29) is 35.3 Å². The summed E-state index contributed by atoms with van der Waals surface area (Å²) >= 11 is 0. The molecule has 0 radical (unpaired) electrons. The van der Waals surface area contributed by atoms with Gasteiger partial charge in [-0.1, -0.05) is 5.10 Å². The number of carbonyl (C=O) groups excluding carboxylic acids is 1. The largest absolute Gasteiger partial charge is 0.522 e. The van der Waals surface area contributed by atoms with Crippen LogP contribution in [0.15, 0.2) is 28.8 Å². The Bertz CT molecular complexity index is 1210. The molecule has 2 aromatic heterocycles. The summed E-state index contributed by atoms with van der Waals surface area (Å²) in [7, 11) is 0. The molecule has 1 aliphatic heterocycles. The van der Waals surface area contributed by atoms with Crippen molar-refractivity contribution in [2.45, 2.75) is 37.5 Å². The van der Waals surface area contributed by atoms with Gasteiger partial charge in [0.1, 0.15) is 18.4 Å². The molecule has 1 amide bonds. The number of ether oxygens (including phenoxy) is 3. The number of carbonyl (C=O) groups is 1. The van der Waals surface area contributed by atoms with E-state index < -0.39 is 49.4 Å². The highest BCUT2D eigenvalue weighted by molar-refractivity contribution is 5.94. The molecule has 194 valence electrons. The van der Waals surface area contributed by atoms with Crippen LogP contribution in [0, 0.1) is 0 Å².